The van der Waals surface area contributed by atoms with Gasteiger partial charge < -0.3 is 0 Å². The predicted molar refractivity (Wildman–Crippen MR) is 88.3 cm³/mol. The van der Waals surface area contributed by atoms with Crippen LogP contribution in [0, 0.1) is 0 Å². The van der Waals surface area contributed by atoms with Gasteiger partial charge in [0, 0.05) is 11.4 Å². The summed E-state index contributed by atoms with van der Waals surface area (Å²) in [5.74, 6) is 0. The van der Waals surface area contributed by atoms with Crippen LogP contribution in [-0.2, 0) is 12.8 Å². The summed E-state index contributed by atoms with van der Waals surface area (Å²) in [4.78, 5) is 13.1. The summed E-state index contributed by atoms with van der Waals surface area (Å²) in [6, 6.07) is 18.1. The molecule has 0 saturated heterocycles. The lowest BCUT2D eigenvalue weighted by Gasteiger charge is -2.15. The molecule has 0 saturated carbocycles. The fraction of sp³-hybridized carbons (Fsp3) is 0.211. The number of para-hydroxylation sites is 1. The zero-order valence-corrected chi connectivity index (χ0v) is 12.5. The molecule has 3 rings (SSSR count). The van der Waals surface area contributed by atoms with Crippen LogP contribution in [0.3, 0.4) is 0 Å². The molecule has 0 aliphatic carbocycles. The number of rotatable bonds is 3. The number of nitrogens with zero attached hydrogens (tertiary/aromatic N) is 1. The summed E-state index contributed by atoms with van der Waals surface area (Å²) in [6.45, 7) is 4.18. The Morgan fingerprint density at radius 1 is 0.905 bits per heavy atom. The van der Waals surface area contributed by atoms with Crippen molar-refractivity contribution in [2.45, 2.75) is 26.7 Å². The molecule has 0 unspecified atom stereocenters. The maximum atomic E-state index is 13.1. The highest BCUT2D eigenvalue weighted by molar-refractivity contribution is 5.85. The number of hydrogen-bond donors (Lipinski definition) is 0. The minimum atomic E-state index is 0.0907. The highest BCUT2D eigenvalue weighted by atomic mass is 16.1. The number of pyridine rings is 1. The van der Waals surface area contributed by atoms with E-state index in [1.54, 1.807) is 0 Å². The summed E-state index contributed by atoms with van der Waals surface area (Å²) in [6.07, 6.45) is 1.70. The molecule has 0 fully saturated rings. The summed E-state index contributed by atoms with van der Waals surface area (Å²) < 4.78 is 1.85. The van der Waals surface area contributed by atoms with Crippen molar-refractivity contribution in [1.82, 2.24) is 4.57 Å². The molecule has 2 aromatic carbocycles. The van der Waals surface area contributed by atoms with Gasteiger partial charge in [0.05, 0.1) is 5.39 Å². The van der Waals surface area contributed by atoms with Gasteiger partial charge in [-0.15, -0.1) is 0 Å². The first kappa shape index (κ1) is 13.6. The van der Waals surface area contributed by atoms with Crippen LogP contribution in [0.2, 0.25) is 0 Å². The molecule has 106 valence electrons. The Hall–Kier alpha value is -2.35. The summed E-state index contributed by atoms with van der Waals surface area (Å²) in [5, 5.41) is 1.89. The van der Waals surface area contributed by atoms with Crippen LogP contribution in [0.1, 0.15) is 25.1 Å². The second-order valence-electron chi connectivity index (χ2n) is 5.20. The Bertz CT molecular complexity index is 831. The van der Waals surface area contributed by atoms with Crippen molar-refractivity contribution in [1.29, 1.82) is 0 Å². The van der Waals surface area contributed by atoms with Crippen molar-refractivity contribution in [2.24, 2.45) is 0 Å². The Balaban J connectivity index is 2.44. The quantitative estimate of drug-likeness (QED) is 0.706. The van der Waals surface area contributed by atoms with E-state index in [0.29, 0.717) is 0 Å². The summed E-state index contributed by atoms with van der Waals surface area (Å²) in [7, 11) is 0. The van der Waals surface area contributed by atoms with E-state index in [-0.39, 0.29) is 5.56 Å². The highest BCUT2D eigenvalue weighted by Gasteiger charge is 2.12. The maximum absolute atomic E-state index is 13.1. The number of fused-ring (bicyclic) bond motifs is 1. The van der Waals surface area contributed by atoms with E-state index in [0.717, 1.165) is 40.6 Å². The van der Waals surface area contributed by atoms with E-state index in [2.05, 4.69) is 19.9 Å². The highest BCUT2D eigenvalue weighted by Crippen LogP contribution is 2.20. The molecule has 0 N–H and O–H groups in total. The normalized spacial score (nSPS) is 11.0. The van der Waals surface area contributed by atoms with Crippen LogP contribution in [-0.4, -0.2) is 4.57 Å². The van der Waals surface area contributed by atoms with Crippen molar-refractivity contribution in [3.8, 4) is 5.69 Å². The van der Waals surface area contributed by atoms with Crippen LogP contribution in [0.5, 0.6) is 0 Å². The van der Waals surface area contributed by atoms with Crippen LogP contribution < -0.4 is 5.56 Å². The van der Waals surface area contributed by atoms with Crippen molar-refractivity contribution in [2.75, 3.05) is 0 Å². The molecule has 0 radical (unpaired) electrons. The molecule has 0 amide bonds. The number of aromatic nitrogens is 1. The van der Waals surface area contributed by atoms with Crippen molar-refractivity contribution in [3.63, 3.8) is 0 Å². The van der Waals surface area contributed by atoms with Gasteiger partial charge in [0.2, 0.25) is 0 Å². The predicted octanol–water partition coefficient (Wildman–Crippen LogP) is 4.12. The molecule has 0 aliphatic heterocycles. The molecule has 2 nitrogen and oxygen atoms in total. The zero-order chi connectivity index (χ0) is 14.8. The number of hydrogen-bond acceptors (Lipinski definition) is 1. The molecule has 0 atom stereocenters. The molecule has 2 heteroatoms. The zero-order valence-electron chi connectivity index (χ0n) is 12.5. The van der Waals surface area contributed by atoms with Gasteiger partial charge in [0.1, 0.15) is 0 Å². The number of benzene rings is 2. The van der Waals surface area contributed by atoms with E-state index in [1.807, 2.05) is 53.1 Å². The second-order valence-corrected chi connectivity index (χ2v) is 5.20. The molecule has 21 heavy (non-hydrogen) atoms. The third-order valence-corrected chi connectivity index (χ3v) is 3.97. The molecule has 0 spiro atoms. The first-order chi connectivity index (χ1) is 10.3. The van der Waals surface area contributed by atoms with Gasteiger partial charge in [-0.3, -0.25) is 9.36 Å². The van der Waals surface area contributed by atoms with Gasteiger partial charge in [-0.2, -0.15) is 0 Å². The van der Waals surface area contributed by atoms with Gasteiger partial charge in [-0.25, -0.2) is 0 Å². The molecular weight excluding hydrogens is 258 g/mol. The van der Waals surface area contributed by atoms with E-state index < -0.39 is 0 Å². The Labute approximate surface area is 124 Å². The topological polar surface area (TPSA) is 22.0 Å². The Morgan fingerprint density at radius 3 is 2.33 bits per heavy atom. The van der Waals surface area contributed by atoms with Gasteiger partial charge in [-0.05, 0) is 42.0 Å². The lowest BCUT2D eigenvalue weighted by Crippen LogP contribution is -2.22. The van der Waals surface area contributed by atoms with Crippen molar-refractivity contribution >= 4 is 10.8 Å². The summed E-state index contributed by atoms with van der Waals surface area (Å²) in [5.41, 5.74) is 3.19. The lowest BCUT2D eigenvalue weighted by molar-refractivity contribution is 0.887. The standard InChI is InChI=1S/C19H19NO/c1-3-14-9-8-10-15-13-16(4-2)20(19(21)18(14)15)17-11-6-5-7-12-17/h5-13H,3-4H2,1-2H3. The largest absolute Gasteiger partial charge is 0.281 e. The van der Waals surface area contributed by atoms with E-state index in [4.69, 9.17) is 0 Å². The molecular formula is C19H19NO. The summed E-state index contributed by atoms with van der Waals surface area (Å²) >= 11 is 0. The van der Waals surface area contributed by atoms with E-state index in [1.165, 1.54) is 0 Å². The fourth-order valence-electron chi connectivity index (χ4n) is 2.90. The van der Waals surface area contributed by atoms with Crippen molar-refractivity contribution in [3.05, 3.63) is 76.2 Å². The van der Waals surface area contributed by atoms with Crippen LogP contribution in [0.4, 0.5) is 0 Å². The molecule has 0 aliphatic rings. The monoisotopic (exact) mass is 277 g/mol. The first-order valence-corrected chi connectivity index (χ1v) is 7.48. The second kappa shape index (κ2) is 5.57. The van der Waals surface area contributed by atoms with Gasteiger partial charge >= 0.3 is 0 Å². The third kappa shape index (κ3) is 2.27. The van der Waals surface area contributed by atoms with Gasteiger partial charge in [-0.1, -0.05) is 50.2 Å². The van der Waals surface area contributed by atoms with Crippen molar-refractivity contribution < 1.29 is 0 Å². The SMILES string of the molecule is CCc1cccc2cc(CC)n(-c3ccccc3)c(=O)c12. The van der Waals surface area contributed by atoms with E-state index in [9.17, 15) is 4.79 Å². The van der Waals surface area contributed by atoms with Crippen LogP contribution in [0.25, 0.3) is 16.5 Å². The first-order valence-electron chi connectivity index (χ1n) is 7.48. The molecule has 1 aromatic heterocycles. The minimum absolute atomic E-state index is 0.0907. The van der Waals surface area contributed by atoms with Gasteiger partial charge in [0.25, 0.3) is 5.56 Å². The van der Waals surface area contributed by atoms with E-state index >= 15 is 0 Å². The smallest absolute Gasteiger partial charge is 0.263 e. The fourth-order valence-corrected chi connectivity index (χ4v) is 2.90. The maximum Gasteiger partial charge on any atom is 0.263 e. The number of aryl methyl sites for hydroxylation is 2. The molecule has 3 aromatic rings. The minimum Gasteiger partial charge on any atom is -0.281 e. The Morgan fingerprint density at radius 2 is 1.67 bits per heavy atom. The van der Waals surface area contributed by atoms with Crippen LogP contribution in [0.15, 0.2) is 59.4 Å². The molecule has 1 heterocycles. The van der Waals surface area contributed by atoms with Crippen LogP contribution >= 0.6 is 0 Å². The third-order valence-electron chi connectivity index (χ3n) is 3.97. The molecule has 0 bridgehead atoms. The average molecular weight is 277 g/mol. The van der Waals surface area contributed by atoms with Gasteiger partial charge in [0.15, 0.2) is 0 Å². The lowest BCUT2D eigenvalue weighted by atomic mass is 10.0. The average Bonchev–Trinajstić information content (AvgIpc) is 2.54. The Kier molecular flexibility index (Phi) is 3.61.